The van der Waals surface area contributed by atoms with Crippen molar-refractivity contribution in [3.05, 3.63) is 34.7 Å². The SMILES string of the molecule is Cc1c(C(=O)N2CCO[C@@H](C)C2)sc2ccccc12. The van der Waals surface area contributed by atoms with Crippen molar-refractivity contribution in [1.29, 1.82) is 0 Å². The van der Waals surface area contributed by atoms with Gasteiger partial charge in [0.25, 0.3) is 5.91 Å². The van der Waals surface area contributed by atoms with Crippen molar-refractivity contribution < 1.29 is 9.53 Å². The highest BCUT2D eigenvalue weighted by molar-refractivity contribution is 7.21. The van der Waals surface area contributed by atoms with Crippen molar-refractivity contribution in [2.45, 2.75) is 20.0 Å². The zero-order chi connectivity index (χ0) is 13.4. The van der Waals surface area contributed by atoms with Crippen LogP contribution >= 0.6 is 11.3 Å². The van der Waals surface area contributed by atoms with Crippen molar-refractivity contribution >= 4 is 27.3 Å². The first kappa shape index (κ1) is 12.6. The van der Waals surface area contributed by atoms with E-state index in [1.165, 1.54) is 10.1 Å². The second-order valence-electron chi connectivity index (χ2n) is 4.98. The van der Waals surface area contributed by atoms with Crippen LogP contribution in [-0.4, -0.2) is 36.6 Å². The smallest absolute Gasteiger partial charge is 0.264 e. The highest BCUT2D eigenvalue weighted by Gasteiger charge is 2.25. The van der Waals surface area contributed by atoms with E-state index in [9.17, 15) is 4.79 Å². The number of thiophene rings is 1. The number of hydrogen-bond donors (Lipinski definition) is 0. The largest absolute Gasteiger partial charge is 0.375 e. The van der Waals surface area contributed by atoms with Crippen molar-refractivity contribution in [2.24, 2.45) is 0 Å². The Morgan fingerprint density at radius 1 is 1.42 bits per heavy atom. The van der Waals surface area contributed by atoms with Gasteiger partial charge < -0.3 is 9.64 Å². The van der Waals surface area contributed by atoms with Gasteiger partial charge in [-0.2, -0.15) is 0 Å². The lowest BCUT2D eigenvalue weighted by atomic mass is 10.1. The summed E-state index contributed by atoms with van der Waals surface area (Å²) in [5, 5.41) is 1.19. The molecule has 0 radical (unpaired) electrons. The van der Waals surface area contributed by atoms with Crippen LogP contribution in [0.25, 0.3) is 10.1 Å². The Hall–Kier alpha value is -1.39. The van der Waals surface area contributed by atoms with Gasteiger partial charge in [-0.25, -0.2) is 0 Å². The molecule has 1 aromatic heterocycles. The standard InChI is InChI=1S/C15H17NO2S/c1-10-9-16(7-8-18-10)15(17)14-11(2)12-5-3-4-6-13(12)19-14/h3-6,10H,7-9H2,1-2H3/t10-/m0/s1. The predicted octanol–water partition coefficient (Wildman–Crippen LogP) is 3.07. The van der Waals surface area contributed by atoms with Crippen LogP contribution in [0.2, 0.25) is 0 Å². The molecule has 100 valence electrons. The highest BCUT2D eigenvalue weighted by atomic mass is 32.1. The van der Waals surface area contributed by atoms with Crippen LogP contribution < -0.4 is 0 Å². The summed E-state index contributed by atoms with van der Waals surface area (Å²) in [6.07, 6.45) is 0.132. The zero-order valence-electron chi connectivity index (χ0n) is 11.2. The van der Waals surface area contributed by atoms with E-state index in [0.29, 0.717) is 19.7 Å². The van der Waals surface area contributed by atoms with Gasteiger partial charge in [0.05, 0.1) is 17.6 Å². The molecule has 0 unspecified atom stereocenters. The van der Waals surface area contributed by atoms with Crippen LogP contribution in [0.5, 0.6) is 0 Å². The van der Waals surface area contributed by atoms with E-state index in [1.54, 1.807) is 11.3 Å². The number of ether oxygens (including phenoxy) is 1. The van der Waals surface area contributed by atoms with Crippen molar-refractivity contribution in [2.75, 3.05) is 19.7 Å². The first-order valence-electron chi connectivity index (χ1n) is 6.56. The van der Waals surface area contributed by atoms with Crippen molar-refractivity contribution in [3.63, 3.8) is 0 Å². The Bertz CT molecular complexity index is 620. The summed E-state index contributed by atoms with van der Waals surface area (Å²) in [4.78, 5) is 15.4. The Balaban J connectivity index is 1.95. The number of amides is 1. The Labute approximate surface area is 116 Å². The van der Waals surface area contributed by atoms with Crippen LogP contribution in [0.15, 0.2) is 24.3 Å². The van der Waals surface area contributed by atoms with Gasteiger partial charge in [-0.3, -0.25) is 4.79 Å². The van der Waals surface area contributed by atoms with Crippen LogP contribution in [-0.2, 0) is 4.74 Å². The summed E-state index contributed by atoms with van der Waals surface area (Å²) < 4.78 is 6.68. The number of nitrogens with zero attached hydrogens (tertiary/aromatic N) is 1. The number of benzene rings is 1. The fourth-order valence-electron chi connectivity index (χ4n) is 2.52. The molecule has 1 aliphatic rings. The van der Waals surface area contributed by atoms with Crippen molar-refractivity contribution in [3.8, 4) is 0 Å². The van der Waals surface area contributed by atoms with E-state index >= 15 is 0 Å². The third kappa shape index (κ3) is 2.26. The normalized spacial score (nSPS) is 19.9. The summed E-state index contributed by atoms with van der Waals surface area (Å²) in [6.45, 7) is 6.06. The first-order chi connectivity index (χ1) is 9.16. The Morgan fingerprint density at radius 2 is 2.21 bits per heavy atom. The van der Waals surface area contributed by atoms with Crippen LogP contribution in [0.4, 0.5) is 0 Å². The minimum atomic E-state index is 0.132. The second-order valence-corrected chi connectivity index (χ2v) is 6.04. The van der Waals surface area contributed by atoms with E-state index in [2.05, 4.69) is 12.1 Å². The highest BCUT2D eigenvalue weighted by Crippen LogP contribution is 2.31. The molecule has 0 aliphatic carbocycles. The molecule has 19 heavy (non-hydrogen) atoms. The molecule has 0 bridgehead atoms. The minimum Gasteiger partial charge on any atom is -0.375 e. The molecule has 1 saturated heterocycles. The average molecular weight is 275 g/mol. The zero-order valence-corrected chi connectivity index (χ0v) is 12.0. The molecule has 3 rings (SSSR count). The van der Waals surface area contributed by atoms with Gasteiger partial charge in [-0.15, -0.1) is 11.3 Å². The number of fused-ring (bicyclic) bond motifs is 1. The topological polar surface area (TPSA) is 29.5 Å². The molecule has 2 aromatic rings. The fraction of sp³-hybridized carbons (Fsp3) is 0.400. The number of carbonyl (C=O) groups is 1. The molecule has 1 atom stereocenters. The lowest BCUT2D eigenvalue weighted by Gasteiger charge is -2.31. The lowest BCUT2D eigenvalue weighted by molar-refractivity contribution is -0.0122. The van der Waals surface area contributed by atoms with Crippen LogP contribution in [0.1, 0.15) is 22.2 Å². The number of carbonyl (C=O) groups excluding carboxylic acids is 1. The second kappa shape index (κ2) is 4.94. The number of morpholine rings is 1. The molecule has 2 heterocycles. The van der Waals surface area contributed by atoms with Gasteiger partial charge in [0, 0.05) is 17.8 Å². The van der Waals surface area contributed by atoms with E-state index in [4.69, 9.17) is 4.74 Å². The predicted molar refractivity (Wildman–Crippen MR) is 77.9 cm³/mol. The molecular weight excluding hydrogens is 258 g/mol. The van der Waals surface area contributed by atoms with Gasteiger partial charge >= 0.3 is 0 Å². The quantitative estimate of drug-likeness (QED) is 0.800. The van der Waals surface area contributed by atoms with E-state index in [0.717, 1.165) is 10.4 Å². The summed E-state index contributed by atoms with van der Waals surface area (Å²) in [5.41, 5.74) is 1.10. The third-order valence-electron chi connectivity index (χ3n) is 3.57. The monoisotopic (exact) mass is 275 g/mol. The number of hydrogen-bond acceptors (Lipinski definition) is 3. The molecule has 1 fully saturated rings. The van der Waals surface area contributed by atoms with Gasteiger partial charge in [0.15, 0.2) is 0 Å². The van der Waals surface area contributed by atoms with Crippen LogP contribution in [0.3, 0.4) is 0 Å². The minimum absolute atomic E-state index is 0.132. The summed E-state index contributed by atoms with van der Waals surface area (Å²) in [6, 6.07) is 8.20. The van der Waals surface area contributed by atoms with Crippen LogP contribution in [0, 0.1) is 6.92 Å². The summed E-state index contributed by atoms with van der Waals surface area (Å²) in [7, 11) is 0. The molecule has 0 spiro atoms. The molecule has 0 saturated carbocycles. The molecule has 1 aromatic carbocycles. The molecule has 4 heteroatoms. The third-order valence-corrected chi connectivity index (χ3v) is 4.83. The Kier molecular flexibility index (Phi) is 3.29. The van der Waals surface area contributed by atoms with Gasteiger partial charge in [-0.05, 0) is 30.9 Å². The van der Waals surface area contributed by atoms with Gasteiger partial charge in [0.1, 0.15) is 0 Å². The molecular formula is C15H17NO2S. The van der Waals surface area contributed by atoms with Crippen molar-refractivity contribution in [1.82, 2.24) is 4.90 Å². The number of rotatable bonds is 1. The number of aryl methyl sites for hydroxylation is 1. The first-order valence-corrected chi connectivity index (χ1v) is 7.37. The Morgan fingerprint density at radius 3 is 2.95 bits per heavy atom. The lowest BCUT2D eigenvalue weighted by Crippen LogP contribution is -2.44. The molecule has 1 aliphatic heterocycles. The van der Waals surface area contributed by atoms with Gasteiger partial charge in [-0.1, -0.05) is 18.2 Å². The molecule has 0 N–H and O–H groups in total. The summed E-state index contributed by atoms with van der Waals surface area (Å²) >= 11 is 1.59. The maximum Gasteiger partial charge on any atom is 0.264 e. The fourth-order valence-corrected chi connectivity index (χ4v) is 3.70. The summed E-state index contributed by atoms with van der Waals surface area (Å²) in [5.74, 6) is 0.147. The van der Waals surface area contributed by atoms with E-state index in [1.807, 2.05) is 30.9 Å². The molecule has 1 amide bonds. The van der Waals surface area contributed by atoms with E-state index in [-0.39, 0.29) is 12.0 Å². The van der Waals surface area contributed by atoms with Gasteiger partial charge in [0.2, 0.25) is 0 Å². The van der Waals surface area contributed by atoms with E-state index < -0.39 is 0 Å². The molecule has 3 nitrogen and oxygen atoms in total. The maximum atomic E-state index is 12.6. The average Bonchev–Trinajstić information content (AvgIpc) is 2.76. The maximum absolute atomic E-state index is 12.6.